The summed E-state index contributed by atoms with van der Waals surface area (Å²) in [7, 11) is 3.63. The Kier molecular flexibility index (Phi) is 4.87. The standard InChI is InChI=1S/C22H23N7O2/c1-28-12-11-23-21(30)18(13-28)25-22-24-17-6-4-3-5-16(17)20-26-19(27-29(20)22)14-7-9-15(31-2)10-8-14/h3-10,18H,11-13H2,1-2H3,(H,23,30)(H,24,25)/t18-/m1/s1. The van der Waals surface area contributed by atoms with Crippen LogP contribution in [0.2, 0.25) is 0 Å². The molecule has 1 aliphatic heterocycles. The zero-order valence-electron chi connectivity index (χ0n) is 17.4. The van der Waals surface area contributed by atoms with E-state index in [2.05, 4.69) is 15.5 Å². The van der Waals surface area contributed by atoms with Crippen LogP contribution in [0.3, 0.4) is 0 Å². The summed E-state index contributed by atoms with van der Waals surface area (Å²) in [6.45, 7) is 2.00. The molecule has 0 aliphatic carbocycles. The fraction of sp³-hybridized carbons (Fsp3) is 0.273. The van der Waals surface area contributed by atoms with E-state index in [0.717, 1.165) is 28.8 Å². The molecule has 1 aliphatic rings. The Labute approximate surface area is 179 Å². The summed E-state index contributed by atoms with van der Waals surface area (Å²) in [4.78, 5) is 24.2. The van der Waals surface area contributed by atoms with Gasteiger partial charge in [0.1, 0.15) is 11.8 Å². The highest BCUT2D eigenvalue weighted by Crippen LogP contribution is 2.25. The number of rotatable bonds is 4. The number of fused-ring (bicyclic) bond motifs is 3. The molecule has 2 aromatic heterocycles. The number of likely N-dealkylation sites (N-methyl/N-ethyl adjacent to an activating group) is 1. The Morgan fingerprint density at radius 1 is 1.13 bits per heavy atom. The van der Waals surface area contributed by atoms with Crippen LogP contribution in [0.1, 0.15) is 0 Å². The molecule has 0 unspecified atom stereocenters. The van der Waals surface area contributed by atoms with Crippen molar-refractivity contribution in [3.05, 3.63) is 48.5 Å². The first-order valence-electron chi connectivity index (χ1n) is 10.1. The van der Waals surface area contributed by atoms with Crippen LogP contribution in [0.5, 0.6) is 5.75 Å². The third-order valence-electron chi connectivity index (χ3n) is 5.43. The number of methoxy groups -OCH3 is 1. The van der Waals surface area contributed by atoms with Gasteiger partial charge in [0.25, 0.3) is 0 Å². The molecule has 1 fully saturated rings. The first-order valence-corrected chi connectivity index (χ1v) is 10.1. The van der Waals surface area contributed by atoms with Crippen LogP contribution in [-0.4, -0.2) is 70.2 Å². The van der Waals surface area contributed by atoms with Crippen molar-refractivity contribution in [3.8, 4) is 17.1 Å². The lowest BCUT2D eigenvalue weighted by atomic mass is 10.2. The van der Waals surface area contributed by atoms with Crippen molar-refractivity contribution in [2.75, 3.05) is 39.1 Å². The van der Waals surface area contributed by atoms with Gasteiger partial charge in [0, 0.05) is 30.6 Å². The van der Waals surface area contributed by atoms with Crippen LogP contribution in [-0.2, 0) is 4.79 Å². The molecule has 0 spiro atoms. The maximum Gasteiger partial charge on any atom is 0.243 e. The molecule has 0 bridgehead atoms. The molecule has 9 heteroatoms. The van der Waals surface area contributed by atoms with Gasteiger partial charge in [0.05, 0.1) is 12.6 Å². The van der Waals surface area contributed by atoms with Crippen LogP contribution in [0, 0.1) is 0 Å². The Bertz CT molecular complexity index is 1250. The summed E-state index contributed by atoms with van der Waals surface area (Å²) in [6, 6.07) is 14.9. The van der Waals surface area contributed by atoms with Crippen molar-refractivity contribution in [2.45, 2.75) is 6.04 Å². The van der Waals surface area contributed by atoms with Gasteiger partial charge in [-0.05, 0) is 43.4 Å². The fourth-order valence-corrected chi connectivity index (χ4v) is 3.76. The van der Waals surface area contributed by atoms with Crippen LogP contribution in [0.25, 0.3) is 27.9 Å². The Morgan fingerprint density at radius 3 is 2.74 bits per heavy atom. The van der Waals surface area contributed by atoms with Crippen LogP contribution >= 0.6 is 0 Å². The van der Waals surface area contributed by atoms with Crippen molar-refractivity contribution >= 4 is 28.4 Å². The second kappa shape index (κ2) is 7.84. The zero-order valence-corrected chi connectivity index (χ0v) is 17.4. The number of benzene rings is 2. The van der Waals surface area contributed by atoms with E-state index < -0.39 is 6.04 Å². The maximum atomic E-state index is 12.6. The summed E-state index contributed by atoms with van der Waals surface area (Å²) in [5.74, 6) is 1.77. The highest BCUT2D eigenvalue weighted by atomic mass is 16.5. The average molecular weight is 417 g/mol. The van der Waals surface area contributed by atoms with Gasteiger partial charge in [-0.3, -0.25) is 4.79 Å². The minimum Gasteiger partial charge on any atom is -0.497 e. The van der Waals surface area contributed by atoms with Gasteiger partial charge in [0.2, 0.25) is 11.9 Å². The Hall–Kier alpha value is -3.72. The number of hydrogen-bond donors (Lipinski definition) is 2. The van der Waals surface area contributed by atoms with E-state index in [-0.39, 0.29) is 5.91 Å². The van der Waals surface area contributed by atoms with Crippen molar-refractivity contribution in [2.24, 2.45) is 0 Å². The second-order valence-electron chi connectivity index (χ2n) is 7.60. The molecule has 0 saturated carbocycles. The molecular weight excluding hydrogens is 394 g/mol. The number of anilines is 1. The lowest BCUT2D eigenvalue weighted by Gasteiger charge is -2.20. The molecular formula is C22H23N7O2. The first-order chi connectivity index (χ1) is 15.1. The molecule has 158 valence electrons. The summed E-state index contributed by atoms with van der Waals surface area (Å²) in [5.41, 5.74) is 2.33. The average Bonchev–Trinajstić information content (AvgIpc) is 3.18. The number of carbonyl (C=O) groups is 1. The number of nitrogens with one attached hydrogen (secondary N) is 2. The number of para-hydroxylation sites is 1. The van der Waals surface area contributed by atoms with E-state index in [1.54, 1.807) is 11.6 Å². The lowest BCUT2D eigenvalue weighted by Crippen LogP contribution is -2.42. The van der Waals surface area contributed by atoms with Gasteiger partial charge in [-0.15, -0.1) is 5.10 Å². The monoisotopic (exact) mass is 417 g/mol. The fourth-order valence-electron chi connectivity index (χ4n) is 3.76. The largest absolute Gasteiger partial charge is 0.497 e. The molecule has 3 heterocycles. The number of carbonyl (C=O) groups excluding carboxylic acids is 1. The van der Waals surface area contributed by atoms with Crippen molar-refractivity contribution in [1.29, 1.82) is 0 Å². The van der Waals surface area contributed by atoms with E-state index >= 15 is 0 Å². The minimum atomic E-state index is -0.446. The third kappa shape index (κ3) is 3.64. The van der Waals surface area contributed by atoms with Gasteiger partial charge in [-0.1, -0.05) is 12.1 Å². The Morgan fingerprint density at radius 2 is 1.94 bits per heavy atom. The number of ether oxygens (including phenoxy) is 1. The van der Waals surface area contributed by atoms with Gasteiger partial charge < -0.3 is 20.3 Å². The van der Waals surface area contributed by atoms with Gasteiger partial charge in [0.15, 0.2) is 11.5 Å². The van der Waals surface area contributed by atoms with E-state index in [1.807, 2.05) is 55.6 Å². The lowest BCUT2D eigenvalue weighted by molar-refractivity contribution is -0.121. The first kappa shape index (κ1) is 19.3. The number of nitrogens with zero attached hydrogens (tertiary/aromatic N) is 5. The summed E-state index contributed by atoms with van der Waals surface area (Å²) in [5, 5.41) is 11.8. The molecule has 4 aromatic rings. The minimum absolute atomic E-state index is 0.0528. The molecule has 31 heavy (non-hydrogen) atoms. The summed E-state index contributed by atoms with van der Waals surface area (Å²) < 4.78 is 6.93. The third-order valence-corrected chi connectivity index (χ3v) is 5.43. The van der Waals surface area contributed by atoms with Crippen molar-refractivity contribution in [1.82, 2.24) is 29.8 Å². The smallest absolute Gasteiger partial charge is 0.243 e. The molecule has 2 aromatic carbocycles. The predicted octanol–water partition coefficient (Wildman–Crippen LogP) is 1.80. The van der Waals surface area contributed by atoms with Gasteiger partial charge >= 0.3 is 0 Å². The second-order valence-corrected chi connectivity index (χ2v) is 7.60. The molecule has 1 atom stereocenters. The van der Waals surface area contributed by atoms with E-state index in [1.165, 1.54) is 0 Å². The van der Waals surface area contributed by atoms with Crippen LogP contribution in [0.15, 0.2) is 48.5 Å². The van der Waals surface area contributed by atoms with Crippen LogP contribution in [0.4, 0.5) is 5.95 Å². The molecule has 1 amide bonds. The zero-order chi connectivity index (χ0) is 21.4. The molecule has 0 radical (unpaired) electrons. The van der Waals surface area contributed by atoms with E-state index in [0.29, 0.717) is 30.5 Å². The molecule has 2 N–H and O–H groups in total. The molecule has 9 nitrogen and oxygen atoms in total. The number of amides is 1. The van der Waals surface area contributed by atoms with Gasteiger partial charge in [-0.25, -0.2) is 9.97 Å². The van der Waals surface area contributed by atoms with E-state index in [4.69, 9.17) is 19.8 Å². The number of aromatic nitrogens is 4. The quantitative estimate of drug-likeness (QED) is 0.523. The number of hydrogen-bond acceptors (Lipinski definition) is 7. The van der Waals surface area contributed by atoms with Crippen molar-refractivity contribution < 1.29 is 9.53 Å². The van der Waals surface area contributed by atoms with Gasteiger partial charge in [-0.2, -0.15) is 4.52 Å². The summed E-state index contributed by atoms with van der Waals surface area (Å²) in [6.07, 6.45) is 0. The SMILES string of the molecule is COc1ccc(-c2nc3c4ccccc4nc(N[C@@H]4CN(C)CCNC4=O)n3n2)cc1. The van der Waals surface area contributed by atoms with Crippen LogP contribution < -0.4 is 15.4 Å². The Balaban J connectivity index is 1.62. The highest BCUT2D eigenvalue weighted by Gasteiger charge is 2.25. The molecule has 1 saturated heterocycles. The van der Waals surface area contributed by atoms with Crippen molar-refractivity contribution in [3.63, 3.8) is 0 Å². The normalized spacial score (nSPS) is 17.5. The predicted molar refractivity (Wildman–Crippen MR) is 118 cm³/mol. The summed E-state index contributed by atoms with van der Waals surface area (Å²) >= 11 is 0. The maximum absolute atomic E-state index is 12.6. The van der Waals surface area contributed by atoms with E-state index in [9.17, 15) is 4.79 Å². The topological polar surface area (TPSA) is 96.7 Å². The molecule has 5 rings (SSSR count). The highest BCUT2D eigenvalue weighted by molar-refractivity contribution is 5.93.